The molecule has 4 saturated heterocycles. The van der Waals surface area contributed by atoms with E-state index in [9.17, 15) is 90.7 Å². The number of nitrogens with one attached hydrogen (secondary N) is 3. The van der Waals surface area contributed by atoms with Gasteiger partial charge >= 0.3 is 5.97 Å². The Hall–Kier alpha value is -3.91. The number of carbonyl (C=O) groups is 4. The number of hydrogen-bond donors (Lipinski definition) is 17. The minimum absolute atomic E-state index is 0.0948. The summed E-state index contributed by atoms with van der Waals surface area (Å²) < 4.78 is 46.9. The van der Waals surface area contributed by atoms with Crippen LogP contribution in [0.1, 0.15) is 78.1 Å². The van der Waals surface area contributed by atoms with E-state index in [1.807, 2.05) is 0 Å². The van der Waals surface area contributed by atoms with Gasteiger partial charge in [-0.3, -0.25) is 14.4 Å². The van der Waals surface area contributed by atoms with Crippen molar-refractivity contribution in [2.24, 2.45) is 5.11 Å². The Bertz CT molecular complexity index is 1960. The number of aliphatic hydroxyl groups is 13. The van der Waals surface area contributed by atoms with Gasteiger partial charge in [0, 0.05) is 38.1 Å². The van der Waals surface area contributed by atoms with Gasteiger partial charge in [0.2, 0.25) is 17.7 Å². The van der Waals surface area contributed by atoms with Crippen molar-refractivity contribution in [1.82, 2.24) is 16.0 Å². The molecular formula is C47H80N6O26. The van der Waals surface area contributed by atoms with Gasteiger partial charge in [-0.15, -0.1) is 6.58 Å². The minimum Gasteiger partial charge on any atom is -0.477 e. The third kappa shape index (κ3) is 18.3. The summed E-state index contributed by atoms with van der Waals surface area (Å²) in [5.41, 5.74) is 8.37. The number of hydrogen-bond acceptors (Lipinski definition) is 26. The van der Waals surface area contributed by atoms with Gasteiger partial charge in [0.05, 0.1) is 57.3 Å². The molecule has 0 spiro atoms. The standard InChI is InChI=1S/C47H80N6O26/c1-4-24(60)23(52-30(63)13-11-9-7-5-6-8-10-12-14-49-53-48)20-72-44-37(68)36(67)39(28(18-56)74-44)76-45-38(69)42(40(29(19-57)75-45)77-43-32(51-22(3)59)35(66)34(65)27(17-55)73-43)79-47(46(70)71)15-25(61)31(50-21(2)58)41(78-47)33(64)26(62)16-54/h4,23-29,31-45,54-57,60-62,64-69H,1,5-20H2,2-3H3,(H,50,58)(H,51,59)(H,52,63)(H,70,71)/t23-,24+,25-,26+,27+,28+,29+,31+,32+,33+,34-,35+,36+,37+,38+,39+,40-,41+,42+,43-,44+,45-,47-/m0/s1. The summed E-state index contributed by atoms with van der Waals surface area (Å²) in [5, 5.41) is 163. The number of amides is 3. The molecule has 32 nitrogen and oxygen atoms in total. The van der Waals surface area contributed by atoms with Crippen molar-refractivity contribution in [3.8, 4) is 0 Å². The third-order valence-electron chi connectivity index (χ3n) is 13.9. The first-order valence-corrected chi connectivity index (χ1v) is 26.0. The van der Waals surface area contributed by atoms with Crippen LogP contribution in [0.25, 0.3) is 10.4 Å². The van der Waals surface area contributed by atoms with Gasteiger partial charge in [-0.05, 0) is 18.4 Å². The molecule has 4 heterocycles. The van der Waals surface area contributed by atoms with Crippen molar-refractivity contribution >= 4 is 23.7 Å². The topological polar surface area (TPSA) is 510 Å². The molecule has 0 saturated carbocycles. The molecule has 4 rings (SSSR count). The first-order chi connectivity index (χ1) is 37.5. The van der Waals surface area contributed by atoms with E-state index in [2.05, 4.69) is 32.6 Å². The highest BCUT2D eigenvalue weighted by atomic mass is 16.8. The second-order valence-electron chi connectivity index (χ2n) is 19.8. The Morgan fingerprint density at radius 1 is 0.722 bits per heavy atom. The monoisotopic (exact) mass is 1140 g/mol. The lowest BCUT2D eigenvalue weighted by Gasteiger charge is -2.52. The SMILES string of the molecule is C=C[C@@H](O)[C@H](CO[C@@H]1O[C@H](CO)[C@@H](O[C@@H]2O[C@H](CO)[C@H](O[C@@H]3O[C@H](CO)[C@H](O)[C@H](O)[C@H]3NC(C)=O)[C@H](O[C@]3(C(=O)O)C[C@H](O)[C@@H](NC(C)=O)[C@H]([C@H](O)[C@H](O)CO)O3)[C@H]2O)[C@H](O)[C@H]1O)NC(=O)CCCCCCCCCCN=[N+]=[N-]. The quantitative estimate of drug-likeness (QED) is 0.00979. The Labute approximate surface area is 453 Å². The molecule has 0 bridgehead atoms. The molecule has 0 aliphatic carbocycles. The van der Waals surface area contributed by atoms with Crippen LogP contribution >= 0.6 is 0 Å². The maximum atomic E-state index is 13.4. The second-order valence-corrected chi connectivity index (χ2v) is 19.8. The van der Waals surface area contributed by atoms with Crippen LogP contribution in [0.15, 0.2) is 17.8 Å². The fourth-order valence-corrected chi connectivity index (χ4v) is 9.62. The Balaban J connectivity index is 1.60. The van der Waals surface area contributed by atoms with E-state index in [1.54, 1.807) is 0 Å². The van der Waals surface area contributed by atoms with Crippen LogP contribution < -0.4 is 16.0 Å². The summed E-state index contributed by atoms with van der Waals surface area (Å²) in [6, 6.07) is -4.59. The number of ether oxygens (including phenoxy) is 8. The zero-order valence-corrected chi connectivity index (χ0v) is 43.8. The summed E-state index contributed by atoms with van der Waals surface area (Å²) in [4.78, 5) is 53.6. The summed E-state index contributed by atoms with van der Waals surface area (Å²) in [7, 11) is 0. The van der Waals surface area contributed by atoms with Gasteiger partial charge < -0.3 is 125 Å². The maximum Gasteiger partial charge on any atom is 0.364 e. The maximum absolute atomic E-state index is 13.4. The van der Waals surface area contributed by atoms with Gasteiger partial charge in [0.1, 0.15) is 91.5 Å². The highest BCUT2D eigenvalue weighted by Crippen LogP contribution is 2.40. The van der Waals surface area contributed by atoms with E-state index in [0.29, 0.717) is 13.0 Å². The van der Waals surface area contributed by atoms with Crippen molar-refractivity contribution < 1.29 is 129 Å². The zero-order valence-electron chi connectivity index (χ0n) is 43.8. The van der Waals surface area contributed by atoms with E-state index >= 15 is 0 Å². The predicted molar refractivity (Wildman–Crippen MR) is 262 cm³/mol. The number of aliphatic carboxylic acids is 1. The molecule has 4 fully saturated rings. The van der Waals surface area contributed by atoms with E-state index in [4.69, 9.17) is 43.4 Å². The average Bonchev–Trinajstić information content (AvgIpc) is 3.50. The molecule has 23 atom stereocenters. The molecule has 0 radical (unpaired) electrons. The first-order valence-electron chi connectivity index (χ1n) is 26.0. The average molecular weight is 1150 g/mol. The Morgan fingerprint density at radius 3 is 1.85 bits per heavy atom. The number of azide groups is 1. The fraction of sp³-hybridized carbons (Fsp3) is 0.872. The fourth-order valence-electron chi connectivity index (χ4n) is 9.62. The summed E-state index contributed by atoms with van der Waals surface area (Å²) >= 11 is 0. The smallest absolute Gasteiger partial charge is 0.364 e. The first kappa shape index (κ1) is 67.6. The summed E-state index contributed by atoms with van der Waals surface area (Å²) in [5.74, 6) is -7.50. The molecule has 0 aromatic carbocycles. The Kier molecular flexibility index (Phi) is 27.9. The predicted octanol–water partition coefficient (Wildman–Crippen LogP) is -6.38. The second kappa shape index (κ2) is 32.7. The van der Waals surface area contributed by atoms with Crippen LogP contribution in [0.4, 0.5) is 0 Å². The number of carboxylic acid groups (broad SMARTS) is 1. The van der Waals surface area contributed by atoms with Gasteiger partial charge in [-0.2, -0.15) is 0 Å². The van der Waals surface area contributed by atoms with Crippen LogP contribution in [0, 0.1) is 0 Å². The van der Waals surface area contributed by atoms with Gasteiger partial charge in [0.25, 0.3) is 5.79 Å². The lowest BCUT2D eigenvalue weighted by Crippen LogP contribution is -2.72. The van der Waals surface area contributed by atoms with Crippen LogP contribution in [0.3, 0.4) is 0 Å². The molecule has 32 heteroatoms. The molecule has 4 aliphatic heterocycles. The van der Waals surface area contributed by atoms with Crippen LogP contribution in [-0.4, -0.2) is 275 Å². The molecular weight excluding hydrogens is 1060 g/mol. The van der Waals surface area contributed by atoms with Crippen LogP contribution in [0.5, 0.6) is 0 Å². The van der Waals surface area contributed by atoms with Crippen molar-refractivity contribution in [1.29, 1.82) is 0 Å². The van der Waals surface area contributed by atoms with Crippen LogP contribution in [-0.2, 0) is 57.1 Å². The van der Waals surface area contributed by atoms with E-state index in [0.717, 1.165) is 64.9 Å². The highest BCUT2D eigenvalue weighted by molar-refractivity contribution is 5.77. The van der Waals surface area contributed by atoms with Crippen molar-refractivity contribution in [2.45, 2.75) is 219 Å². The molecule has 0 aromatic rings. The lowest BCUT2D eigenvalue weighted by molar-refractivity contribution is -0.401. The number of carboxylic acids is 1. The molecule has 0 unspecified atom stereocenters. The van der Waals surface area contributed by atoms with Gasteiger partial charge in [0.15, 0.2) is 18.9 Å². The zero-order chi connectivity index (χ0) is 58.7. The van der Waals surface area contributed by atoms with E-state index < -0.39 is 204 Å². The van der Waals surface area contributed by atoms with E-state index in [-0.39, 0.29) is 6.42 Å². The molecule has 454 valence electrons. The Morgan fingerprint density at radius 2 is 1.28 bits per heavy atom. The van der Waals surface area contributed by atoms with Crippen molar-refractivity contribution in [3.63, 3.8) is 0 Å². The molecule has 79 heavy (non-hydrogen) atoms. The lowest BCUT2D eigenvalue weighted by atomic mass is 9.88. The molecule has 17 N–H and O–H groups in total. The highest BCUT2D eigenvalue weighted by Gasteiger charge is 2.61. The molecule has 4 aliphatic rings. The number of unbranched alkanes of at least 4 members (excludes halogenated alkanes) is 7. The third-order valence-corrected chi connectivity index (χ3v) is 13.9. The normalized spacial score (nSPS) is 36.4. The number of nitrogens with zero attached hydrogens (tertiary/aromatic N) is 3. The minimum atomic E-state index is -3.28. The van der Waals surface area contributed by atoms with Gasteiger partial charge in [-0.25, -0.2) is 4.79 Å². The number of aliphatic hydroxyl groups excluding tert-OH is 13. The largest absolute Gasteiger partial charge is 0.477 e. The summed E-state index contributed by atoms with van der Waals surface area (Å²) in [6.07, 6.45) is -31.3. The number of carbonyl (C=O) groups excluding carboxylic acids is 3. The molecule has 3 amide bonds. The number of rotatable bonds is 32. The van der Waals surface area contributed by atoms with Crippen LogP contribution in [0.2, 0.25) is 0 Å². The summed E-state index contributed by atoms with van der Waals surface area (Å²) in [6.45, 7) is 1.14. The van der Waals surface area contributed by atoms with Crippen molar-refractivity contribution in [2.75, 3.05) is 39.6 Å². The van der Waals surface area contributed by atoms with E-state index in [1.165, 1.54) is 0 Å². The van der Waals surface area contributed by atoms with Gasteiger partial charge in [-0.1, -0.05) is 49.7 Å². The van der Waals surface area contributed by atoms with Crippen molar-refractivity contribution in [3.05, 3.63) is 23.1 Å². The molecule has 0 aromatic heterocycles.